The maximum absolute atomic E-state index is 12.2. The third-order valence-electron chi connectivity index (χ3n) is 4.77. The van der Waals surface area contributed by atoms with Crippen molar-refractivity contribution in [3.63, 3.8) is 0 Å². The van der Waals surface area contributed by atoms with E-state index >= 15 is 0 Å². The second-order valence-electron chi connectivity index (χ2n) is 7.23. The summed E-state index contributed by atoms with van der Waals surface area (Å²) in [4.78, 5) is 10.1. The highest BCUT2D eigenvalue weighted by molar-refractivity contribution is 7.53. The van der Waals surface area contributed by atoms with Gasteiger partial charge < -0.3 is 9.42 Å². The van der Waals surface area contributed by atoms with E-state index in [0.717, 1.165) is 31.6 Å². The first-order chi connectivity index (χ1) is 10.9. The summed E-state index contributed by atoms with van der Waals surface area (Å²) in [7, 11) is -3.47. The summed E-state index contributed by atoms with van der Waals surface area (Å²) in [5.41, 5.74) is -0.317. The molecule has 0 fully saturated rings. The molecule has 0 spiro atoms. The largest absolute Gasteiger partial charge is 0.330 e. The zero-order chi connectivity index (χ0) is 17.7. The SMILES string of the molecule is CCCCCCC(CCC(CC)CCCC)OP(=O)(O)C(C)C. The lowest BCUT2D eigenvalue weighted by molar-refractivity contribution is 0.140. The minimum atomic E-state index is -3.47. The Morgan fingerprint density at radius 3 is 2.04 bits per heavy atom. The molecule has 140 valence electrons. The van der Waals surface area contributed by atoms with Crippen LogP contribution in [0.1, 0.15) is 105 Å². The molecule has 4 heteroatoms. The molecule has 0 amide bonds. The zero-order valence-electron chi connectivity index (χ0n) is 16.2. The average Bonchev–Trinajstić information content (AvgIpc) is 2.50. The number of hydrogen-bond donors (Lipinski definition) is 1. The molecule has 0 aliphatic heterocycles. The second-order valence-corrected chi connectivity index (χ2v) is 9.60. The van der Waals surface area contributed by atoms with Gasteiger partial charge in [-0.25, -0.2) is 0 Å². The zero-order valence-corrected chi connectivity index (χ0v) is 17.1. The summed E-state index contributed by atoms with van der Waals surface area (Å²) < 4.78 is 17.9. The van der Waals surface area contributed by atoms with Gasteiger partial charge in [0, 0.05) is 0 Å². The first kappa shape index (κ1) is 23.1. The van der Waals surface area contributed by atoms with Crippen molar-refractivity contribution in [1.29, 1.82) is 0 Å². The summed E-state index contributed by atoms with van der Waals surface area (Å²) in [5, 5.41) is 0. The highest BCUT2D eigenvalue weighted by atomic mass is 31.2. The lowest BCUT2D eigenvalue weighted by Crippen LogP contribution is -2.16. The van der Waals surface area contributed by atoms with Crippen molar-refractivity contribution in [2.75, 3.05) is 0 Å². The Hall–Kier alpha value is 0.150. The molecule has 0 aliphatic carbocycles. The van der Waals surface area contributed by atoms with Gasteiger partial charge in [0.2, 0.25) is 0 Å². The predicted molar refractivity (Wildman–Crippen MR) is 101 cm³/mol. The lowest BCUT2D eigenvalue weighted by atomic mass is 9.92. The van der Waals surface area contributed by atoms with E-state index < -0.39 is 7.60 Å². The van der Waals surface area contributed by atoms with Gasteiger partial charge in [-0.15, -0.1) is 0 Å². The van der Waals surface area contributed by atoms with Gasteiger partial charge in [0.1, 0.15) is 0 Å². The molecular formula is C19H41O3P. The van der Waals surface area contributed by atoms with Gasteiger partial charge in [0.15, 0.2) is 0 Å². The molecule has 0 aromatic rings. The molecule has 0 saturated carbocycles. The fourth-order valence-electron chi connectivity index (χ4n) is 2.85. The van der Waals surface area contributed by atoms with Gasteiger partial charge in [-0.05, 0) is 25.2 Å². The minimum absolute atomic E-state index is 0.0548. The van der Waals surface area contributed by atoms with E-state index in [9.17, 15) is 9.46 Å². The molecule has 0 aromatic carbocycles. The molecule has 3 atom stereocenters. The maximum atomic E-state index is 12.2. The predicted octanol–water partition coefficient (Wildman–Crippen LogP) is 6.93. The fraction of sp³-hybridized carbons (Fsp3) is 1.00. The van der Waals surface area contributed by atoms with E-state index in [2.05, 4.69) is 20.8 Å². The van der Waals surface area contributed by atoms with Crippen LogP contribution in [0.15, 0.2) is 0 Å². The lowest BCUT2D eigenvalue weighted by Gasteiger charge is -2.25. The third-order valence-corrected chi connectivity index (χ3v) is 6.68. The van der Waals surface area contributed by atoms with Gasteiger partial charge >= 0.3 is 7.60 Å². The molecule has 0 bridgehead atoms. The number of unbranched alkanes of at least 4 members (excludes halogenated alkanes) is 4. The Morgan fingerprint density at radius 1 is 0.870 bits per heavy atom. The monoisotopic (exact) mass is 348 g/mol. The van der Waals surface area contributed by atoms with E-state index in [1.807, 2.05) is 0 Å². The molecule has 1 N–H and O–H groups in total. The van der Waals surface area contributed by atoms with Gasteiger partial charge in [0.25, 0.3) is 0 Å². The van der Waals surface area contributed by atoms with Crippen molar-refractivity contribution in [2.45, 2.75) is 117 Å². The molecule has 23 heavy (non-hydrogen) atoms. The van der Waals surface area contributed by atoms with Crippen molar-refractivity contribution in [3.8, 4) is 0 Å². The summed E-state index contributed by atoms with van der Waals surface area (Å²) >= 11 is 0. The summed E-state index contributed by atoms with van der Waals surface area (Å²) in [6.07, 6.45) is 12.6. The Bertz CT molecular complexity index is 318. The minimum Gasteiger partial charge on any atom is -0.324 e. The normalized spacial score (nSPS) is 17.2. The number of hydrogen-bond acceptors (Lipinski definition) is 2. The topological polar surface area (TPSA) is 46.5 Å². The van der Waals surface area contributed by atoms with Crippen LogP contribution < -0.4 is 0 Å². The van der Waals surface area contributed by atoms with Crippen LogP contribution in [0.25, 0.3) is 0 Å². The quantitative estimate of drug-likeness (QED) is 0.258. The summed E-state index contributed by atoms with van der Waals surface area (Å²) in [6, 6.07) is 0. The first-order valence-corrected chi connectivity index (χ1v) is 11.5. The fourth-order valence-corrected chi connectivity index (χ4v) is 3.73. The van der Waals surface area contributed by atoms with Crippen LogP contribution in [-0.4, -0.2) is 16.7 Å². The smallest absolute Gasteiger partial charge is 0.324 e. The highest BCUT2D eigenvalue weighted by Gasteiger charge is 2.28. The van der Waals surface area contributed by atoms with E-state index in [1.165, 1.54) is 44.9 Å². The Labute approximate surface area is 145 Å². The summed E-state index contributed by atoms with van der Waals surface area (Å²) in [6.45, 7) is 10.2. The van der Waals surface area contributed by atoms with Gasteiger partial charge in [0.05, 0.1) is 11.8 Å². The van der Waals surface area contributed by atoms with Crippen molar-refractivity contribution in [3.05, 3.63) is 0 Å². The Balaban J connectivity index is 4.48. The van der Waals surface area contributed by atoms with Gasteiger partial charge in [-0.1, -0.05) is 86.0 Å². The van der Waals surface area contributed by atoms with Crippen molar-refractivity contribution < 1.29 is 14.0 Å². The molecule has 0 rings (SSSR count). The van der Waals surface area contributed by atoms with E-state index in [-0.39, 0.29) is 11.8 Å². The molecular weight excluding hydrogens is 307 g/mol. The Morgan fingerprint density at radius 2 is 1.52 bits per heavy atom. The number of rotatable bonds is 15. The molecule has 0 aliphatic rings. The van der Waals surface area contributed by atoms with Crippen LogP contribution >= 0.6 is 7.60 Å². The van der Waals surface area contributed by atoms with Crippen LogP contribution in [0.4, 0.5) is 0 Å². The van der Waals surface area contributed by atoms with Crippen molar-refractivity contribution in [2.24, 2.45) is 5.92 Å². The van der Waals surface area contributed by atoms with Crippen LogP contribution in [0.5, 0.6) is 0 Å². The molecule has 0 aromatic heterocycles. The highest BCUT2D eigenvalue weighted by Crippen LogP contribution is 2.49. The van der Waals surface area contributed by atoms with Crippen LogP contribution in [0.2, 0.25) is 0 Å². The molecule has 3 nitrogen and oxygen atoms in total. The van der Waals surface area contributed by atoms with E-state index in [1.54, 1.807) is 13.8 Å². The van der Waals surface area contributed by atoms with Gasteiger partial charge in [-0.3, -0.25) is 4.57 Å². The second kappa shape index (κ2) is 13.4. The summed E-state index contributed by atoms with van der Waals surface area (Å²) in [5.74, 6) is 0.730. The molecule has 0 heterocycles. The first-order valence-electron chi connectivity index (χ1n) is 9.88. The van der Waals surface area contributed by atoms with Crippen molar-refractivity contribution in [1.82, 2.24) is 0 Å². The standard InChI is InChI=1S/C19H41O3P/c1-6-9-11-12-14-19(22-23(20,21)17(4)5)16-15-18(8-3)13-10-7-2/h17-19H,6-16H2,1-5H3,(H,20,21). The van der Waals surface area contributed by atoms with E-state index in [4.69, 9.17) is 4.52 Å². The van der Waals surface area contributed by atoms with E-state index in [0.29, 0.717) is 0 Å². The molecule has 3 unspecified atom stereocenters. The maximum Gasteiger partial charge on any atom is 0.330 e. The van der Waals surface area contributed by atoms with Crippen LogP contribution in [0.3, 0.4) is 0 Å². The third kappa shape index (κ3) is 11.3. The molecule has 0 saturated heterocycles. The van der Waals surface area contributed by atoms with Gasteiger partial charge in [-0.2, -0.15) is 0 Å². The Kier molecular flexibility index (Phi) is 13.5. The van der Waals surface area contributed by atoms with Crippen LogP contribution in [0, 0.1) is 5.92 Å². The molecule has 0 radical (unpaired) electrons. The van der Waals surface area contributed by atoms with Crippen LogP contribution in [-0.2, 0) is 9.09 Å². The average molecular weight is 349 g/mol. The van der Waals surface area contributed by atoms with Crippen molar-refractivity contribution >= 4 is 7.60 Å².